The van der Waals surface area contributed by atoms with Crippen LogP contribution >= 0.6 is 11.3 Å². The Labute approximate surface area is 106 Å². The van der Waals surface area contributed by atoms with Gasteiger partial charge in [-0.1, -0.05) is 0 Å². The molecule has 0 saturated heterocycles. The largest absolute Gasteiger partial charge is 0.397 e. The molecule has 1 aromatic heterocycles. The van der Waals surface area contributed by atoms with E-state index in [1.807, 2.05) is 6.07 Å². The Morgan fingerprint density at radius 1 is 1.47 bits per heavy atom. The molecule has 0 radical (unpaired) electrons. The summed E-state index contributed by atoms with van der Waals surface area (Å²) in [5.74, 6) is 0.0284. The van der Waals surface area contributed by atoms with Crippen LogP contribution in [0.25, 0.3) is 0 Å². The van der Waals surface area contributed by atoms with Crippen LogP contribution in [0.4, 0.5) is 10.7 Å². The minimum Gasteiger partial charge on any atom is -0.397 e. The summed E-state index contributed by atoms with van der Waals surface area (Å²) in [6.07, 6.45) is 3.32. The lowest BCUT2D eigenvalue weighted by Gasteiger charge is -2.02. The van der Waals surface area contributed by atoms with E-state index >= 15 is 0 Å². The van der Waals surface area contributed by atoms with Crippen LogP contribution in [0.1, 0.15) is 35.9 Å². The lowest BCUT2D eigenvalue weighted by Crippen LogP contribution is -2.00. The van der Waals surface area contributed by atoms with Crippen molar-refractivity contribution in [3.8, 4) is 0 Å². The summed E-state index contributed by atoms with van der Waals surface area (Å²) in [6.45, 7) is 3.26. The van der Waals surface area contributed by atoms with Gasteiger partial charge in [0, 0.05) is 27.2 Å². The summed E-state index contributed by atoms with van der Waals surface area (Å²) < 4.78 is 4.98. The molecule has 0 atom stereocenters. The van der Waals surface area contributed by atoms with Gasteiger partial charge in [0.05, 0.1) is 15.6 Å². The monoisotopic (exact) mass is 256 g/mol. The zero-order valence-electron chi connectivity index (χ0n) is 10.4. The van der Waals surface area contributed by atoms with E-state index in [9.17, 15) is 4.79 Å². The van der Waals surface area contributed by atoms with Gasteiger partial charge in [-0.15, -0.1) is 11.3 Å². The molecule has 0 aromatic carbocycles. The van der Waals surface area contributed by atoms with E-state index < -0.39 is 0 Å². The van der Waals surface area contributed by atoms with Crippen molar-refractivity contribution in [2.75, 3.05) is 31.3 Å². The summed E-state index contributed by atoms with van der Waals surface area (Å²) in [4.78, 5) is 11.9. The first kappa shape index (κ1) is 14.0. The number of carbonyl (C=O) groups is 1. The molecule has 1 rings (SSSR count). The number of carbonyl (C=O) groups excluding carboxylic acids is 1. The molecule has 1 aromatic rings. The predicted octanol–water partition coefficient (Wildman–Crippen LogP) is 2.76. The highest BCUT2D eigenvalue weighted by Crippen LogP contribution is 2.29. The lowest BCUT2D eigenvalue weighted by atomic mass is 10.2. The van der Waals surface area contributed by atoms with Crippen molar-refractivity contribution >= 4 is 27.8 Å². The second kappa shape index (κ2) is 7.29. The molecule has 5 heteroatoms. The van der Waals surface area contributed by atoms with Gasteiger partial charge in [-0.2, -0.15) is 0 Å². The zero-order valence-corrected chi connectivity index (χ0v) is 11.2. The molecule has 0 spiro atoms. The SMILES string of the molecule is COCCCCCNc1cc(N)c(C(C)=O)s1. The predicted molar refractivity (Wildman–Crippen MR) is 73.0 cm³/mol. The maximum absolute atomic E-state index is 11.2. The minimum absolute atomic E-state index is 0.0284. The molecule has 0 bridgehead atoms. The molecule has 0 aliphatic carbocycles. The van der Waals surface area contributed by atoms with Gasteiger partial charge in [-0.05, 0) is 25.3 Å². The highest BCUT2D eigenvalue weighted by Gasteiger charge is 2.09. The van der Waals surface area contributed by atoms with Crippen LogP contribution < -0.4 is 11.1 Å². The molecule has 3 N–H and O–H groups in total. The Bertz CT molecular complexity index is 363. The average Bonchev–Trinajstić information content (AvgIpc) is 2.65. The van der Waals surface area contributed by atoms with Gasteiger partial charge in [0.25, 0.3) is 0 Å². The normalized spacial score (nSPS) is 10.5. The third kappa shape index (κ3) is 4.75. The Morgan fingerprint density at radius 2 is 2.24 bits per heavy atom. The van der Waals surface area contributed by atoms with E-state index in [-0.39, 0.29) is 5.78 Å². The molecule has 1 heterocycles. The van der Waals surface area contributed by atoms with E-state index in [1.165, 1.54) is 18.3 Å². The number of rotatable bonds is 8. The molecule has 4 nitrogen and oxygen atoms in total. The van der Waals surface area contributed by atoms with Crippen LogP contribution in [-0.4, -0.2) is 26.0 Å². The van der Waals surface area contributed by atoms with Crippen molar-refractivity contribution in [2.45, 2.75) is 26.2 Å². The number of anilines is 2. The van der Waals surface area contributed by atoms with Crippen molar-refractivity contribution in [1.29, 1.82) is 0 Å². The van der Waals surface area contributed by atoms with Crippen molar-refractivity contribution < 1.29 is 9.53 Å². The molecule has 0 amide bonds. The topological polar surface area (TPSA) is 64.3 Å². The van der Waals surface area contributed by atoms with Gasteiger partial charge in [0.2, 0.25) is 0 Å². The summed E-state index contributed by atoms with van der Waals surface area (Å²) >= 11 is 1.43. The maximum atomic E-state index is 11.2. The third-order valence-corrected chi connectivity index (χ3v) is 3.61. The third-order valence-electron chi connectivity index (χ3n) is 2.41. The molecule has 0 aliphatic rings. The fourth-order valence-corrected chi connectivity index (χ4v) is 2.43. The Kier molecular flexibility index (Phi) is 6.00. The fourth-order valence-electron chi connectivity index (χ4n) is 1.53. The molecule has 96 valence electrons. The summed E-state index contributed by atoms with van der Waals surface area (Å²) in [5, 5.41) is 4.25. The summed E-state index contributed by atoms with van der Waals surface area (Å²) in [7, 11) is 1.72. The van der Waals surface area contributed by atoms with E-state index in [1.54, 1.807) is 7.11 Å². The Morgan fingerprint density at radius 3 is 2.82 bits per heavy atom. The van der Waals surface area contributed by atoms with Gasteiger partial charge < -0.3 is 15.8 Å². The first-order valence-corrected chi connectivity index (χ1v) is 6.60. The quantitative estimate of drug-likeness (QED) is 0.554. The van der Waals surface area contributed by atoms with Crippen LogP contribution in [0.3, 0.4) is 0 Å². The van der Waals surface area contributed by atoms with Crippen molar-refractivity contribution in [2.24, 2.45) is 0 Å². The van der Waals surface area contributed by atoms with Gasteiger partial charge in [0.15, 0.2) is 5.78 Å². The summed E-state index contributed by atoms with van der Waals surface area (Å²) in [5.41, 5.74) is 6.32. The first-order chi connectivity index (χ1) is 8.15. The standard InChI is InChI=1S/C12H20N2O2S/c1-9(15)12-10(13)8-11(17-12)14-6-4-3-5-7-16-2/h8,14H,3-7,13H2,1-2H3. The number of nitrogens with one attached hydrogen (secondary N) is 1. The minimum atomic E-state index is 0.0284. The van der Waals surface area contributed by atoms with Gasteiger partial charge in [0.1, 0.15) is 0 Å². The molecular weight excluding hydrogens is 236 g/mol. The molecule has 0 fully saturated rings. The number of methoxy groups -OCH3 is 1. The number of ether oxygens (including phenoxy) is 1. The van der Waals surface area contributed by atoms with Gasteiger partial charge in [-0.25, -0.2) is 0 Å². The number of hydrogen-bond donors (Lipinski definition) is 2. The second-order valence-corrected chi connectivity index (χ2v) is 4.98. The Balaban J connectivity index is 2.27. The zero-order chi connectivity index (χ0) is 12.7. The van der Waals surface area contributed by atoms with Crippen LogP contribution in [-0.2, 0) is 4.74 Å². The first-order valence-electron chi connectivity index (χ1n) is 5.78. The maximum Gasteiger partial charge on any atom is 0.171 e. The molecule has 0 saturated carbocycles. The number of unbranched alkanes of at least 4 members (excludes halogenated alkanes) is 2. The fraction of sp³-hybridized carbons (Fsp3) is 0.583. The number of Topliss-reactive ketones (excluding diaryl/α,β-unsaturated/α-hetero) is 1. The van der Waals surface area contributed by atoms with Crippen LogP contribution in [0.5, 0.6) is 0 Å². The number of thiophene rings is 1. The van der Waals surface area contributed by atoms with E-state index in [0.29, 0.717) is 10.6 Å². The van der Waals surface area contributed by atoms with Gasteiger partial charge in [-0.3, -0.25) is 4.79 Å². The lowest BCUT2D eigenvalue weighted by molar-refractivity contribution is 0.102. The van der Waals surface area contributed by atoms with Crippen molar-refractivity contribution in [1.82, 2.24) is 0 Å². The highest BCUT2D eigenvalue weighted by atomic mass is 32.1. The van der Waals surface area contributed by atoms with Crippen LogP contribution in [0.15, 0.2) is 6.07 Å². The number of hydrogen-bond acceptors (Lipinski definition) is 5. The van der Waals surface area contributed by atoms with E-state index in [2.05, 4.69) is 5.32 Å². The molecule has 0 aliphatic heterocycles. The molecular formula is C12H20N2O2S. The average molecular weight is 256 g/mol. The van der Waals surface area contributed by atoms with Crippen molar-refractivity contribution in [3.05, 3.63) is 10.9 Å². The summed E-state index contributed by atoms with van der Waals surface area (Å²) in [6, 6.07) is 1.83. The molecule has 0 unspecified atom stereocenters. The smallest absolute Gasteiger partial charge is 0.171 e. The van der Waals surface area contributed by atoms with Crippen molar-refractivity contribution in [3.63, 3.8) is 0 Å². The van der Waals surface area contributed by atoms with E-state index in [0.717, 1.165) is 37.4 Å². The Hall–Kier alpha value is -1.07. The van der Waals surface area contributed by atoms with Gasteiger partial charge >= 0.3 is 0 Å². The second-order valence-electron chi connectivity index (χ2n) is 3.93. The number of ketones is 1. The number of nitrogens with two attached hydrogens (primary N) is 1. The number of nitrogen functional groups attached to an aromatic ring is 1. The molecule has 17 heavy (non-hydrogen) atoms. The highest BCUT2D eigenvalue weighted by molar-refractivity contribution is 7.18. The van der Waals surface area contributed by atoms with Crippen LogP contribution in [0.2, 0.25) is 0 Å². The van der Waals surface area contributed by atoms with Crippen LogP contribution in [0, 0.1) is 0 Å². The van der Waals surface area contributed by atoms with E-state index in [4.69, 9.17) is 10.5 Å².